The molecule has 4 fully saturated rings. The Labute approximate surface area is 294 Å². The van der Waals surface area contributed by atoms with Gasteiger partial charge >= 0.3 is 5.97 Å². The molecule has 5 unspecified atom stereocenters. The molecule has 0 radical (unpaired) electrons. The van der Waals surface area contributed by atoms with Crippen LogP contribution in [0.25, 0.3) is 0 Å². The van der Waals surface area contributed by atoms with Crippen molar-refractivity contribution >= 4 is 39.2 Å². The first-order chi connectivity index (χ1) is 21.3. The first-order valence-corrected chi connectivity index (χ1v) is 32.7. The molecule has 4 saturated carbocycles. The molecule has 0 spiro atoms. The van der Waals surface area contributed by atoms with Crippen LogP contribution in [0.1, 0.15) is 72.1 Å². The van der Waals surface area contributed by atoms with E-state index in [4.69, 9.17) is 22.4 Å². The van der Waals surface area contributed by atoms with E-state index in [1.807, 2.05) is 0 Å². The molecular weight excluding hydrogens is 653 g/mol. The summed E-state index contributed by atoms with van der Waals surface area (Å²) in [5.41, 5.74) is 0.106. The van der Waals surface area contributed by atoms with Gasteiger partial charge in [0.2, 0.25) is 0 Å². The third kappa shape index (κ3) is 8.98. The van der Waals surface area contributed by atoms with Gasteiger partial charge in [-0.25, -0.2) is 0 Å². The second-order valence-corrected chi connectivity index (χ2v) is 38.3. The van der Waals surface area contributed by atoms with E-state index in [-0.39, 0.29) is 41.2 Å². The minimum Gasteiger partial charge on any atom is -0.469 e. The normalized spacial score (nSPS) is 40.3. The maximum absolute atomic E-state index is 12.2. The predicted octanol–water partition coefficient (Wildman–Crippen LogP) is 9.94. The predicted molar refractivity (Wildman–Crippen MR) is 205 cm³/mol. The summed E-state index contributed by atoms with van der Waals surface area (Å²) >= 11 is 0. The molecule has 6 nitrogen and oxygen atoms in total. The highest BCUT2D eigenvalue weighted by molar-refractivity contribution is 6.70. The minimum absolute atomic E-state index is 0.0501. The molecule has 4 aliphatic rings. The Morgan fingerprint density at radius 2 is 1.21 bits per heavy atom. The molecule has 0 N–H and O–H groups in total. The summed E-state index contributed by atoms with van der Waals surface area (Å²) in [6.07, 6.45) is 9.09. The zero-order chi connectivity index (χ0) is 35.5. The van der Waals surface area contributed by atoms with E-state index in [9.17, 15) is 4.79 Å². The Hall–Kier alpha value is 0.178. The van der Waals surface area contributed by atoms with Crippen molar-refractivity contribution in [2.75, 3.05) is 7.11 Å². The lowest BCUT2D eigenvalue weighted by Crippen LogP contribution is -2.68. The molecule has 0 aliphatic heterocycles. The van der Waals surface area contributed by atoms with E-state index in [1.54, 1.807) is 0 Å². The van der Waals surface area contributed by atoms with Crippen LogP contribution in [0.3, 0.4) is 0 Å². The lowest BCUT2D eigenvalue weighted by Gasteiger charge is -2.67. The summed E-state index contributed by atoms with van der Waals surface area (Å²) in [6.45, 7) is 36.0. The van der Waals surface area contributed by atoms with Crippen LogP contribution in [0.15, 0.2) is 0 Å². The number of methoxy groups -OCH3 is 1. The van der Waals surface area contributed by atoms with E-state index in [0.717, 1.165) is 32.1 Å². The van der Waals surface area contributed by atoms with Gasteiger partial charge in [-0.15, -0.1) is 0 Å². The molecule has 0 heterocycles. The smallest absolute Gasteiger partial charge is 0.305 e. The summed E-state index contributed by atoms with van der Waals surface area (Å²) in [4.78, 5) is 12.2. The van der Waals surface area contributed by atoms with Crippen LogP contribution in [-0.4, -0.2) is 70.8 Å². The van der Waals surface area contributed by atoms with Crippen LogP contribution in [0.4, 0.5) is 0 Å². The largest absolute Gasteiger partial charge is 0.469 e. The number of rotatable bonds is 12. The third-order valence-electron chi connectivity index (χ3n) is 12.6. The topological polar surface area (TPSA) is 63.2 Å². The van der Waals surface area contributed by atoms with Crippen molar-refractivity contribution in [1.29, 1.82) is 0 Å². The van der Waals surface area contributed by atoms with Gasteiger partial charge in [-0.05, 0) is 170 Å². The van der Waals surface area contributed by atoms with Gasteiger partial charge < -0.3 is 22.4 Å². The Morgan fingerprint density at radius 3 is 1.72 bits per heavy atom. The maximum Gasteiger partial charge on any atom is 0.305 e. The van der Waals surface area contributed by atoms with Gasteiger partial charge in [0.1, 0.15) is 0 Å². The Bertz CT molecular complexity index is 1090. The lowest BCUT2D eigenvalue weighted by atomic mass is 9.42. The van der Waals surface area contributed by atoms with Gasteiger partial charge in [-0.1, -0.05) is 20.8 Å². The molecule has 4 aliphatic carbocycles. The molecule has 47 heavy (non-hydrogen) atoms. The summed E-state index contributed by atoms with van der Waals surface area (Å²) in [7, 11) is -5.75. The molecule has 10 heteroatoms. The quantitative estimate of drug-likeness (QED) is 0.147. The first-order valence-electron chi connectivity index (χ1n) is 19.1. The first kappa shape index (κ1) is 40.0. The zero-order valence-corrected chi connectivity index (χ0v) is 37.4. The number of carbonyl (C=O) groups excluding carboxylic acids is 1. The SMILES string of the molecule is COC(=O)CC[C@@H](C)[C@H]1CC[C@H]2[C@@H]3C(O[Si](C)(C)C)CC4CC(O[Si](C)(C)C)CC(O[Si](C)(C)C)[C@]4(C)[C@H]3CC(O[Si](C)(C)C)[C@]12C. The van der Waals surface area contributed by atoms with E-state index in [0.29, 0.717) is 41.9 Å². The zero-order valence-electron chi connectivity index (χ0n) is 33.4. The minimum atomic E-state index is -1.87. The van der Waals surface area contributed by atoms with Crippen molar-refractivity contribution in [3.63, 3.8) is 0 Å². The Kier molecular flexibility index (Phi) is 11.9. The molecule has 0 saturated heterocycles. The van der Waals surface area contributed by atoms with Gasteiger partial charge in [0.25, 0.3) is 0 Å². The fourth-order valence-electron chi connectivity index (χ4n) is 11.1. The van der Waals surface area contributed by atoms with Crippen LogP contribution < -0.4 is 0 Å². The number of hydrogen-bond donors (Lipinski definition) is 0. The summed E-state index contributed by atoms with van der Waals surface area (Å²) in [5, 5.41) is 0. The molecule has 0 aromatic rings. The highest BCUT2D eigenvalue weighted by Crippen LogP contribution is 2.70. The second-order valence-electron chi connectivity index (χ2n) is 20.5. The third-order valence-corrected chi connectivity index (χ3v) is 16.6. The number of esters is 1. The van der Waals surface area contributed by atoms with E-state index in [1.165, 1.54) is 20.0 Å². The van der Waals surface area contributed by atoms with Crippen LogP contribution in [0.2, 0.25) is 78.6 Å². The molecule has 0 amide bonds. The maximum atomic E-state index is 12.2. The van der Waals surface area contributed by atoms with Crippen molar-refractivity contribution in [1.82, 2.24) is 0 Å². The summed E-state index contributed by atoms with van der Waals surface area (Å²) in [5.74, 6) is 2.90. The van der Waals surface area contributed by atoms with Crippen LogP contribution in [0.5, 0.6) is 0 Å². The standard InChI is InChI=1S/C37H74O6Si4/c1-25(17-20-34(38)39-4)28-18-19-29-35-30(24-33(37(28,29)3)43-47(14,15)16)36(2)26(22-31(35)41-45(8,9)10)21-27(40-44(5,6)7)23-32(36)42-46(11,12)13/h25-33,35H,17-24H2,1-16H3/t25-,26?,27?,28-,29+,30+,31?,32?,33?,35+,36+,37-/m1/s1. The summed E-state index contributed by atoms with van der Waals surface area (Å²) < 4.78 is 34.1. The van der Waals surface area contributed by atoms with Crippen LogP contribution in [-0.2, 0) is 27.2 Å². The van der Waals surface area contributed by atoms with Crippen molar-refractivity contribution in [2.24, 2.45) is 46.3 Å². The highest BCUT2D eigenvalue weighted by atomic mass is 28.4. The monoisotopic (exact) mass is 726 g/mol. The molecular formula is C37H74O6Si4. The van der Waals surface area contributed by atoms with E-state index < -0.39 is 33.3 Å². The van der Waals surface area contributed by atoms with Gasteiger partial charge in [-0.3, -0.25) is 4.79 Å². The van der Waals surface area contributed by atoms with E-state index >= 15 is 0 Å². The molecule has 0 bridgehead atoms. The number of hydrogen-bond acceptors (Lipinski definition) is 6. The second kappa shape index (κ2) is 14.0. The highest BCUT2D eigenvalue weighted by Gasteiger charge is 2.69. The number of ether oxygens (including phenoxy) is 1. The van der Waals surface area contributed by atoms with E-state index in [2.05, 4.69) is 99.3 Å². The molecule has 274 valence electrons. The average molecular weight is 727 g/mol. The number of carbonyl (C=O) groups is 1. The molecule has 12 atom stereocenters. The average Bonchev–Trinajstić information content (AvgIpc) is 3.23. The lowest BCUT2D eigenvalue weighted by molar-refractivity contribution is -0.224. The molecule has 4 rings (SSSR count). The van der Waals surface area contributed by atoms with Crippen molar-refractivity contribution in [2.45, 2.75) is 175 Å². The van der Waals surface area contributed by atoms with Crippen molar-refractivity contribution < 1.29 is 27.2 Å². The molecule has 0 aromatic carbocycles. The number of fused-ring (bicyclic) bond motifs is 5. The fourth-order valence-corrected chi connectivity index (χ4v) is 15.9. The van der Waals surface area contributed by atoms with Gasteiger partial charge in [0.05, 0.1) is 19.3 Å². The van der Waals surface area contributed by atoms with Gasteiger partial charge in [0, 0.05) is 18.6 Å². The fraction of sp³-hybridized carbons (Fsp3) is 0.973. The van der Waals surface area contributed by atoms with Gasteiger partial charge in [-0.2, -0.15) is 0 Å². The van der Waals surface area contributed by atoms with Crippen LogP contribution >= 0.6 is 0 Å². The summed E-state index contributed by atoms with van der Waals surface area (Å²) in [6, 6.07) is 0. The van der Waals surface area contributed by atoms with Crippen LogP contribution in [0, 0.1) is 46.3 Å². The molecule has 0 aromatic heterocycles. The Morgan fingerprint density at radius 1 is 0.681 bits per heavy atom. The van der Waals surface area contributed by atoms with Gasteiger partial charge in [0.15, 0.2) is 33.3 Å². The Balaban J connectivity index is 1.83. The van der Waals surface area contributed by atoms with Crippen molar-refractivity contribution in [3.05, 3.63) is 0 Å². The van der Waals surface area contributed by atoms with Crippen molar-refractivity contribution in [3.8, 4) is 0 Å².